The molecule has 1 atom stereocenters. The zero-order valence-corrected chi connectivity index (χ0v) is 13.2. The first-order valence-electron chi connectivity index (χ1n) is 6.43. The van der Waals surface area contributed by atoms with E-state index in [9.17, 15) is 4.79 Å². The number of urea groups is 1. The van der Waals surface area contributed by atoms with Gasteiger partial charge in [0.1, 0.15) is 0 Å². The molecule has 1 aromatic heterocycles. The van der Waals surface area contributed by atoms with E-state index in [0.29, 0.717) is 16.6 Å². The van der Waals surface area contributed by atoms with Crippen molar-refractivity contribution in [3.8, 4) is 0 Å². The second kappa shape index (κ2) is 6.83. The van der Waals surface area contributed by atoms with Crippen molar-refractivity contribution in [1.82, 2.24) is 20.4 Å². The molecule has 0 aliphatic rings. The lowest BCUT2D eigenvalue weighted by atomic mass is 10.1. The lowest BCUT2D eigenvalue weighted by Gasteiger charge is -2.16. The van der Waals surface area contributed by atoms with Gasteiger partial charge in [-0.1, -0.05) is 29.3 Å². The van der Waals surface area contributed by atoms with E-state index in [1.807, 2.05) is 20.0 Å². The highest BCUT2D eigenvalue weighted by atomic mass is 35.5. The van der Waals surface area contributed by atoms with E-state index in [0.717, 1.165) is 11.3 Å². The summed E-state index contributed by atoms with van der Waals surface area (Å²) < 4.78 is 1.71. The number of nitrogens with zero attached hydrogens (tertiary/aromatic N) is 2. The van der Waals surface area contributed by atoms with E-state index >= 15 is 0 Å². The molecule has 7 heteroatoms. The van der Waals surface area contributed by atoms with Crippen LogP contribution in [0.4, 0.5) is 4.79 Å². The molecule has 2 aromatic rings. The molecular weight excluding hydrogens is 311 g/mol. The summed E-state index contributed by atoms with van der Waals surface area (Å²) in [5.41, 5.74) is 1.74. The van der Waals surface area contributed by atoms with Gasteiger partial charge in [-0.2, -0.15) is 5.10 Å². The Balaban J connectivity index is 1.91. The Labute approximate surface area is 133 Å². The van der Waals surface area contributed by atoms with Crippen molar-refractivity contribution in [2.75, 3.05) is 0 Å². The Morgan fingerprint density at radius 2 is 2.14 bits per heavy atom. The van der Waals surface area contributed by atoms with Crippen molar-refractivity contribution in [2.45, 2.75) is 19.5 Å². The topological polar surface area (TPSA) is 59.0 Å². The van der Waals surface area contributed by atoms with Gasteiger partial charge < -0.3 is 10.6 Å². The third-order valence-electron chi connectivity index (χ3n) is 3.13. The van der Waals surface area contributed by atoms with E-state index in [1.54, 1.807) is 29.1 Å². The third-order valence-corrected chi connectivity index (χ3v) is 3.69. The zero-order chi connectivity index (χ0) is 15.4. The minimum atomic E-state index is -0.269. The monoisotopic (exact) mass is 326 g/mol. The fraction of sp³-hybridized carbons (Fsp3) is 0.286. The molecule has 2 N–H and O–H groups in total. The number of aryl methyl sites for hydroxylation is 1. The van der Waals surface area contributed by atoms with Crippen LogP contribution >= 0.6 is 23.2 Å². The summed E-state index contributed by atoms with van der Waals surface area (Å²) in [6.45, 7) is 2.27. The van der Waals surface area contributed by atoms with Crippen molar-refractivity contribution < 1.29 is 4.79 Å². The Bertz CT molecular complexity index is 642. The summed E-state index contributed by atoms with van der Waals surface area (Å²) >= 11 is 12.0. The first-order chi connectivity index (χ1) is 9.97. The molecule has 1 aromatic carbocycles. The fourth-order valence-electron chi connectivity index (χ4n) is 1.92. The molecule has 21 heavy (non-hydrogen) atoms. The standard InChI is InChI=1S/C14H16Cl2N4O/c1-9(12-4-3-10(15)7-13(12)16)19-14(21)17-8-11-5-6-18-20(11)2/h3-7,9H,8H2,1-2H3,(H2,17,19,21)/t9-/m0/s1. The van der Waals surface area contributed by atoms with Crippen molar-refractivity contribution in [3.05, 3.63) is 51.8 Å². The highest BCUT2D eigenvalue weighted by molar-refractivity contribution is 6.35. The molecule has 0 radical (unpaired) electrons. The molecular formula is C14H16Cl2N4O. The predicted molar refractivity (Wildman–Crippen MR) is 83.5 cm³/mol. The van der Waals surface area contributed by atoms with Crippen LogP contribution in [-0.4, -0.2) is 15.8 Å². The van der Waals surface area contributed by atoms with Gasteiger partial charge in [0.2, 0.25) is 0 Å². The average Bonchev–Trinajstić information content (AvgIpc) is 2.81. The Morgan fingerprint density at radius 1 is 1.38 bits per heavy atom. The lowest BCUT2D eigenvalue weighted by molar-refractivity contribution is 0.237. The molecule has 5 nitrogen and oxygen atoms in total. The maximum Gasteiger partial charge on any atom is 0.315 e. The van der Waals surface area contributed by atoms with Crippen LogP contribution in [-0.2, 0) is 13.6 Å². The molecule has 2 amide bonds. The molecule has 112 valence electrons. The summed E-state index contributed by atoms with van der Waals surface area (Å²) in [7, 11) is 1.82. The number of aromatic nitrogens is 2. The number of halogens is 2. The average molecular weight is 327 g/mol. The number of nitrogens with one attached hydrogen (secondary N) is 2. The van der Waals surface area contributed by atoms with Gasteiger partial charge in [-0.05, 0) is 30.7 Å². The summed E-state index contributed by atoms with van der Waals surface area (Å²) in [4.78, 5) is 11.9. The van der Waals surface area contributed by atoms with Crippen molar-refractivity contribution in [2.24, 2.45) is 7.05 Å². The van der Waals surface area contributed by atoms with Gasteiger partial charge in [-0.3, -0.25) is 4.68 Å². The first-order valence-corrected chi connectivity index (χ1v) is 7.19. The first kappa shape index (κ1) is 15.7. The highest BCUT2D eigenvalue weighted by Gasteiger charge is 2.13. The van der Waals surface area contributed by atoms with Gasteiger partial charge in [-0.25, -0.2) is 4.79 Å². The molecule has 0 saturated heterocycles. The summed E-state index contributed by atoms with van der Waals surface area (Å²) in [6.07, 6.45) is 1.69. The van der Waals surface area contributed by atoms with Crippen LogP contribution < -0.4 is 10.6 Å². The van der Waals surface area contributed by atoms with Crippen LogP contribution in [0.2, 0.25) is 10.0 Å². The van der Waals surface area contributed by atoms with Gasteiger partial charge in [0, 0.05) is 23.3 Å². The van der Waals surface area contributed by atoms with Gasteiger partial charge in [-0.15, -0.1) is 0 Å². The summed E-state index contributed by atoms with van der Waals surface area (Å²) in [6, 6.07) is 6.56. The van der Waals surface area contributed by atoms with Crippen LogP contribution in [0.25, 0.3) is 0 Å². The van der Waals surface area contributed by atoms with Gasteiger partial charge in [0.15, 0.2) is 0 Å². The molecule has 0 spiro atoms. The van der Waals surface area contributed by atoms with Crippen molar-refractivity contribution in [3.63, 3.8) is 0 Å². The van der Waals surface area contributed by atoms with Crippen LogP contribution in [0.5, 0.6) is 0 Å². The number of carbonyl (C=O) groups excluding carboxylic acids is 1. The molecule has 0 fully saturated rings. The maximum atomic E-state index is 11.9. The van der Waals surface area contributed by atoms with Crippen LogP contribution in [0.1, 0.15) is 24.2 Å². The molecule has 0 saturated carbocycles. The van der Waals surface area contributed by atoms with Crippen LogP contribution in [0.3, 0.4) is 0 Å². The highest BCUT2D eigenvalue weighted by Crippen LogP contribution is 2.25. The van der Waals surface area contributed by atoms with E-state index in [-0.39, 0.29) is 12.1 Å². The Hall–Kier alpha value is -1.72. The molecule has 0 unspecified atom stereocenters. The van der Waals surface area contributed by atoms with Gasteiger partial charge in [0.05, 0.1) is 18.3 Å². The molecule has 0 aliphatic heterocycles. The van der Waals surface area contributed by atoms with Gasteiger partial charge in [0.25, 0.3) is 0 Å². The normalized spacial score (nSPS) is 12.0. The minimum absolute atomic E-state index is 0.221. The number of hydrogen-bond donors (Lipinski definition) is 2. The minimum Gasteiger partial charge on any atom is -0.333 e. The third kappa shape index (κ3) is 4.12. The van der Waals surface area contributed by atoms with Crippen LogP contribution in [0.15, 0.2) is 30.5 Å². The predicted octanol–water partition coefficient (Wildman–Crippen LogP) is 3.29. The van der Waals surface area contributed by atoms with E-state index in [4.69, 9.17) is 23.2 Å². The lowest BCUT2D eigenvalue weighted by Crippen LogP contribution is -2.37. The second-order valence-electron chi connectivity index (χ2n) is 4.66. The van der Waals surface area contributed by atoms with Crippen LogP contribution in [0, 0.1) is 0 Å². The maximum absolute atomic E-state index is 11.9. The fourth-order valence-corrected chi connectivity index (χ4v) is 2.50. The number of amides is 2. The largest absolute Gasteiger partial charge is 0.333 e. The summed E-state index contributed by atoms with van der Waals surface area (Å²) in [5, 5.41) is 10.7. The quantitative estimate of drug-likeness (QED) is 0.905. The number of carbonyl (C=O) groups is 1. The molecule has 0 aliphatic carbocycles. The van der Waals surface area contributed by atoms with Gasteiger partial charge >= 0.3 is 6.03 Å². The summed E-state index contributed by atoms with van der Waals surface area (Å²) in [5.74, 6) is 0. The van der Waals surface area contributed by atoms with E-state index < -0.39 is 0 Å². The molecule has 0 bridgehead atoms. The Morgan fingerprint density at radius 3 is 2.76 bits per heavy atom. The molecule has 1 heterocycles. The van der Waals surface area contributed by atoms with Crippen molar-refractivity contribution in [1.29, 1.82) is 0 Å². The van der Waals surface area contributed by atoms with E-state index in [1.165, 1.54) is 0 Å². The Kier molecular flexibility index (Phi) is 5.09. The number of rotatable bonds is 4. The second-order valence-corrected chi connectivity index (χ2v) is 5.50. The SMILES string of the molecule is C[C@H](NC(=O)NCc1ccnn1C)c1ccc(Cl)cc1Cl. The number of hydrogen-bond acceptors (Lipinski definition) is 2. The number of benzene rings is 1. The zero-order valence-electron chi connectivity index (χ0n) is 11.7. The van der Waals surface area contributed by atoms with Crippen molar-refractivity contribution >= 4 is 29.2 Å². The van der Waals surface area contributed by atoms with E-state index in [2.05, 4.69) is 15.7 Å². The molecule has 2 rings (SSSR count). The smallest absolute Gasteiger partial charge is 0.315 e.